The predicted molar refractivity (Wildman–Crippen MR) is 62.3 cm³/mol. The number of benzene rings is 2. The Balaban J connectivity index is 2.18. The Kier molecular flexibility index (Phi) is 2.11. The minimum atomic E-state index is 0.128. The molecule has 0 amide bonds. The fourth-order valence-corrected chi connectivity index (χ4v) is 1.76. The minimum absolute atomic E-state index is 0.128. The first-order valence-corrected chi connectivity index (χ1v) is 5.19. The van der Waals surface area contributed by atoms with Gasteiger partial charge in [0.05, 0.1) is 0 Å². The lowest BCUT2D eigenvalue weighted by molar-refractivity contribution is 0.430. The molecular formula is C12H7ClN2O. The van der Waals surface area contributed by atoms with Crippen molar-refractivity contribution in [3.63, 3.8) is 0 Å². The molecule has 0 fully saturated rings. The second-order valence-corrected chi connectivity index (χ2v) is 3.77. The van der Waals surface area contributed by atoms with Gasteiger partial charge < -0.3 is 4.52 Å². The van der Waals surface area contributed by atoms with Crippen LogP contribution >= 0.6 is 11.6 Å². The van der Waals surface area contributed by atoms with E-state index in [-0.39, 0.29) is 5.28 Å². The van der Waals surface area contributed by atoms with E-state index in [4.69, 9.17) is 16.1 Å². The van der Waals surface area contributed by atoms with Gasteiger partial charge in [0.25, 0.3) is 11.2 Å². The predicted octanol–water partition coefficient (Wildman–Crippen LogP) is 3.54. The smallest absolute Gasteiger partial charge is 0.264 e. The van der Waals surface area contributed by atoms with Crippen LogP contribution in [0.15, 0.2) is 47.0 Å². The largest absolute Gasteiger partial charge is 0.333 e. The number of fused-ring (bicyclic) bond motifs is 1. The van der Waals surface area contributed by atoms with E-state index < -0.39 is 0 Å². The lowest BCUT2D eigenvalue weighted by Crippen LogP contribution is -1.78. The Morgan fingerprint density at radius 2 is 1.81 bits per heavy atom. The third kappa shape index (κ3) is 1.55. The maximum atomic E-state index is 5.61. The molecule has 0 saturated heterocycles. The van der Waals surface area contributed by atoms with Crippen LogP contribution in [0, 0.1) is 0 Å². The van der Waals surface area contributed by atoms with E-state index in [9.17, 15) is 0 Å². The molecule has 16 heavy (non-hydrogen) atoms. The Hall–Kier alpha value is -1.87. The molecule has 0 atom stereocenters. The normalized spacial score (nSPS) is 10.8. The molecule has 0 saturated carbocycles. The number of nitrogens with zero attached hydrogens (tertiary/aromatic N) is 2. The van der Waals surface area contributed by atoms with Crippen molar-refractivity contribution >= 4 is 22.4 Å². The molecule has 1 aromatic heterocycles. The maximum Gasteiger partial charge on any atom is 0.264 e. The second-order valence-electron chi connectivity index (χ2n) is 3.43. The number of hydrogen-bond donors (Lipinski definition) is 0. The molecule has 78 valence electrons. The van der Waals surface area contributed by atoms with Crippen molar-refractivity contribution in [1.82, 2.24) is 10.1 Å². The summed E-state index contributed by atoms with van der Waals surface area (Å²) in [7, 11) is 0. The van der Waals surface area contributed by atoms with Gasteiger partial charge in [-0.1, -0.05) is 30.3 Å². The summed E-state index contributed by atoms with van der Waals surface area (Å²) in [6, 6.07) is 14.0. The summed E-state index contributed by atoms with van der Waals surface area (Å²) in [4.78, 5) is 3.98. The Morgan fingerprint density at radius 3 is 2.56 bits per heavy atom. The van der Waals surface area contributed by atoms with Crippen molar-refractivity contribution in [2.45, 2.75) is 0 Å². The van der Waals surface area contributed by atoms with Gasteiger partial charge in [0.15, 0.2) is 0 Å². The molecule has 0 N–H and O–H groups in total. The second kappa shape index (κ2) is 3.61. The van der Waals surface area contributed by atoms with Crippen molar-refractivity contribution in [3.05, 3.63) is 47.7 Å². The molecule has 2 aromatic carbocycles. The van der Waals surface area contributed by atoms with E-state index in [1.165, 1.54) is 5.39 Å². The molecule has 0 aliphatic heterocycles. The lowest BCUT2D eigenvalue weighted by Gasteiger charge is -1.98. The van der Waals surface area contributed by atoms with E-state index in [0.717, 1.165) is 10.9 Å². The summed E-state index contributed by atoms with van der Waals surface area (Å²) < 4.78 is 5.01. The number of hydrogen-bond acceptors (Lipinski definition) is 3. The molecule has 0 bridgehead atoms. The molecule has 3 aromatic rings. The number of rotatable bonds is 1. The van der Waals surface area contributed by atoms with Gasteiger partial charge in [0.2, 0.25) is 0 Å². The van der Waals surface area contributed by atoms with Crippen LogP contribution in [0.25, 0.3) is 22.2 Å². The zero-order valence-electron chi connectivity index (χ0n) is 8.22. The van der Waals surface area contributed by atoms with Gasteiger partial charge in [0.1, 0.15) is 0 Å². The van der Waals surface area contributed by atoms with E-state index in [1.807, 2.05) is 36.4 Å². The number of halogens is 1. The third-order valence-electron chi connectivity index (χ3n) is 2.40. The maximum absolute atomic E-state index is 5.61. The Labute approximate surface area is 96.7 Å². The molecule has 1 heterocycles. The average molecular weight is 231 g/mol. The van der Waals surface area contributed by atoms with Crippen LogP contribution in [0.4, 0.5) is 0 Å². The summed E-state index contributed by atoms with van der Waals surface area (Å²) in [5.74, 6) is 0.441. The molecule has 0 unspecified atom stereocenters. The fraction of sp³-hybridized carbons (Fsp3) is 0. The quantitative estimate of drug-likeness (QED) is 0.642. The highest BCUT2D eigenvalue weighted by atomic mass is 35.5. The highest BCUT2D eigenvalue weighted by molar-refractivity contribution is 6.28. The van der Waals surface area contributed by atoms with Crippen molar-refractivity contribution in [3.8, 4) is 11.5 Å². The van der Waals surface area contributed by atoms with Crippen LogP contribution in [0.2, 0.25) is 5.28 Å². The summed E-state index contributed by atoms with van der Waals surface area (Å²) in [6.07, 6.45) is 0. The Morgan fingerprint density at radius 1 is 1.00 bits per heavy atom. The van der Waals surface area contributed by atoms with Gasteiger partial charge in [0, 0.05) is 5.56 Å². The lowest BCUT2D eigenvalue weighted by atomic mass is 10.1. The first kappa shape index (κ1) is 9.36. The molecule has 0 radical (unpaired) electrons. The minimum Gasteiger partial charge on any atom is -0.333 e. The van der Waals surface area contributed by atoms with Crippen LogP contribution in [0.5, 0.6) is 0 Å². The highest BCUT2D eigenvalue weighted by Gasteiger charge is 2.07. The van der Waals surface area contributed by atoms with Crippen LogP contribution in [-0.4, -0.2) is 10.1 Å². The summed E-state index contributed by atoms with van der Waals surface area (Å²) in [5, 5.41) is 5.99. The molecule has 0 aliphatic carbocycles. The zero-order chi connectivity index (χ0) is 11.0. The topological polar surface area (TPSA) is 38.9 Å². The summed E-state index contributed by atoms with van der Waals surface area (Å²) in [5.41, 5.74) is 0.873. The average Bonchev–Trinajstić information content (AvgIpc) is 2.75. The Bertz CT molecular complexity index is 648. The number of aromatic nitrogens is 2. The zero-order valence-corrected chi connectivity index (χ0v) is 8.98. The van der Waals surface area contributed by atoms with E-state index >= 15 is 0 Å². The monoisotopic (exact) mass is 230 g/mol. The van der Waals surface area contributed by atoms with Crippen LogP contribution in [0.1, 0.15) is 0 Å². The van der Waals surface area contributed by atoms with Crippen molar-refractivity contribution in [2.24, 2.45) is 0 Å². The van der Waals surface area contributed by atoms with Crippen molar-refractivity contribution in [1.29, 1.82) is 0 Å². The SMILES string of the molecule is Clc1noc(-c2ccc3ccccc3c2)n1. The molecule has 4 heteroatoms. The molecular weight excluding hydrogens is 224 g/mol. The van der Waals surface area contributed by atoms with Crippen LogP contribution in [0.3, 0.4) is 0 Å². The third-order valence-corrected chi connectivity index (χ3v) is 2.55. The van der Waals surface area contributed by atoms with Gasteiger partial charge in [-0.25, -0.2) is 0 Å². The molecule has 0 aliphatic rings. The first-order chi connectivity index (χ1) is 7.83. The molecule has 0 spiro atoms. The van der Waals surface area contributed by atoms with Crippen molar-refractivity contribution < 1.29 is 4.52 Å². The highest BCUT2D eigenvalue weighted by Crippen LogP contribution is 2.23. The van der Waals surface area contributed by atoms with E-state index in [1.54, 1.807) is 0 Å². The van der Waals surface area contributed by atoms with Gasteiger partial charge >= 0.3 is 0 Å². The van der Waals surface area contributed by atoms with E-state index in [0.29, 0.717) is 5.89 Å². The van der Waals surface area contributed by atoms with Gasteiger partial charge in [-0.15, -0.1) is 0 Å². The molecule has 3 rings (SSSR count). The molecule has 3 nitrogen and oxygen atoms in total. The summed E-state index contributed by atoms with van der Waals surface area (Å²) >= 11 is 5.61. The fourth-order valence-electron chi connectivity index (χ4n) is 1.65. The summed E-state index contributed by atoms with van der Waals surface area (Å²) in [6.45, 7) is 0. The first-order valence-electron chi connectivity index (χ1n) is 4.81. The van der Waals surface area contributed by atoms with E-state index in [2.05, 4.69) is 16.2 Å². The van der Waals surface area contributed by atoms with Gasteiger partial charge in [-0.3, -0.25) is 0 Å². The van der Waals surface area contributed by atoms with Gasteiger partial charge in [-0.05, 0) is 39.7 Å². The van der Waals surface area contributed by atoms with Crippen LogP contribution in [-0.2, 0) is 0 Å². The van der Waals surface area contributed by atoms with Crippen molar-refractivity contribution in [2.75, 3.05) is 0 Å². The standard InChI is InChI=1S/C12H7ClN2O/c13-12-14-11(16-15-12)10-6-5-8-3-1-2-4-9(8)7-10/h1-7H. The van der Waals surface area contributed by atoms with Crippen LogP contribution < -0.4 is 0 Å². The van der Waals surface area contributed by atoms with Gasteiger partial charge in [-0.2, -0.15) is 4.98 Å².